The highest BCUT2D eigenvalue weighted by Crippen LogP contribution is 2.49. The molecule has 158 valence electrons. The molecule has 4 rings (SSSR count). The van der Waals surface area contributed by atoms with Crippen LogP contribution in [0.4, 0.5) is 17.6 Å². The lowest BCUT2D eigenvalue weighted by Gasteiger charge is -2.14. The van der Waals surface area contributed by atoms with E-state index >= 15 is 0 Å². The van der Waals surface area contributed by atoms with E-state index in [9.17, 15) is 22.4 Å². The minimum absolute atomic E-state index is 0.00317. The molecule has 30 heavy (non-hydrogen) atoms. The number of hydrogen-bond acceptors (Lipinski definition) is 3. The van der Waals surface area contributed by atoms with E-state index in [0.717, 1.165) is 16.5 Å². The summed E-state index contributed by atoms with van der Waals surface area (Å²) in [5.74, 6) is -0.670. The summed E-state index contributed by atoms with van der Waals surface area (Å²) < 4.78 is 54.8. The number of H-pyrrole nitrogens is 1. The lowest BCUT2D eigenvalue weighted by molar-refractivity contribution is -0.153. The Labute approximate surface area is 169 Å². The first kappa shape index (κ1) is 20.2. The standard InChI is InChI=1S/C21H19F4N3O2/c1-11(18-5-3-13(8-26-18)30-10-21(23,24)25)28-20(29)16-7-14(16)17-9-27-19-4-2-12(22)6-15(17)19/h2-6,8-9,11,14,16,27H,7,10H2,1H3,(H,28,29)/t11-,14?,16?/m1/s1. The maximum absolute atomic E-state index is 13.6. The number of carbonyl (C=O) groups is 1. The highest BCUT2D eigenvalue weighted by atomic mass is 19.4. The Morgan fingerprint density at radius 2 is 2.13 bits per heavy atom. The van der Waals surface area contributed by atoms with Gasteiger partial charge in [0.15, 0.2) is 6.61 Å². The van der Waals surface area contributed by atoms with Crippen molar-refractivity contribution >= 4 is 16.8 Å². The van der Waals surface area contributed by atoms with Gasteiger partial charge in [-0.25, -0.2) is 4.39 Å². The topological polar surface area (TPSA) is 67.0 Å². The zero-order valence-electron chi connectivity index (χ0n) is 16.0. The quantitative estimate of drug-likeness (QED) is 0.571. The number of fused-ring (bicyclic) bond motifs is 1. The summed E-state index contributed by atoms with van der Waals surface area (Å²) in [4.78, 5) is 19.8. The number of amides is 1. The van der Waals surface area contributed by atoms with Gasteiger partial charge in [0, 0.05) is 23.0 Å². The van der Waals surface area contributed by atoms with E-state index in [0.29, 0.717) is 12.1 Å². The van der Waals surface area contributed by atoms with E-state index < -0.39 is 18.8 Å². The summed E-state index contributed by atoms with van der Waals surface area (Å²) in [6.45, 7) is 0.357. The number of alkyl halides is 3. The summed E-state index contributed by atoms with van der Waals surface area (Å²) in [5, 5.41) is 3.66. The van der Waals surface area contributed by atoms with Gasteiger partial charge in [-0.05, 0) is 55.2 Å². The highest BCUT2D eigenvalue weighted by molar-refractivity contribution is 5.88. The van der Waals surface area contributed by atoms with Crippen molar-refractivity contribution in [1.82, 2.24) is 15.3 Å². The number of rotatable bonds is 6. The van der Waals surface area contributed by atoms with E-state index in [-0.39, 0.29) is 29.3 Å². The zero-order valence-corrected chi connectivity index (χ0v) is 16.0. The SMILES string of the molecule is C[C@@H](NC(=O)C1CC1c1c[nH]c2ccc(F)cc12)c1ccc(OCC(F)(F)F)cn1. The Balaban J connectivity index is 1.35. The van der Waals surface area contributed by atoms with E-state index in [1.807, 2.05) is 6.20 Å². The predicted octanol–water partition coefficient (Wildman–Crippen LogP) is 4.62. The molecule has 0 saturated heterocycles. The van der Waals surface area contributed by atoms with Crippen LogP contribution in [0, 0.1) is 11.7 Å². The van der Waals surface area contributed by atoms with Crippen LogP contribution in [0.3, 0.4) is 0 Å². The van der Waals surface area contributed by atoms with Crippen molar-refractivity contribution in [1.29, 1.82) is 0 Å². The Bertz CT molecular complexity index is 1060. The maximum atomic E-state index is 13.6. The number of nitrogens with one attached hydrogen (secondary N) is 2. The second-order valence-corrected chi connectivity index (χ2v) is 7.44. The molecule has 0 spiro atoms. The van der Waals surface area contributed by atoms with Gasteiger partial charge in [0.1, 0.15) is 11.6 Å². The number of benzene rings is 1. The molecule has 3 aromatic rings. The van der Waals surface area contributed by atoms with Gasteiger partial charge in [0.05, 0.1) is 17.9 Å². The number of hydrogen-bond donors (Lipinski definition) is 2. The lowest BCUT2D eigenvalue weighted by Crippen LogP contribution is -2.29. The van der Waals surface area contributed by atoms with Crippen LogP contribution >= 0.6 is 0 Å². The molecule has 1 aromatic carbocycles. The second kappa shape index (κ2) is 7.62. The van der Waals surface area contributed by atoms with Crippen LogP contribution in [0.2, 0.25) is 0 Å². The van der Waals surface area contributed by atoms with Crippen molar-refractivity contribution in [3.8, 4) is 5.75 Å². The predicted molar refractivity (Wildman–Crippen MR) is 101 cm³/mol. The van der Waals surface area contributed by atoms with Crippen LogP contribution in [-0.4, -0.2) is 28.7 Å². The minimum Gasteiger partial charge on any atom is -0.483 e. The Morgan fingerprint density at radius 1 is 1.33 bits per heavy atom. The third kappa shape index (κ3) is 4.39. The lowest BCUT2D eigenvalue weighted by atomic mass is 10.1. The Kier molecular flexibility index (Phi) is 5.13. The van der Waals surface area contributed by atoms with E-state index in [2.05, 4.69) is 20.0 Å². The molecule has 1 fully saturated rings. The summed E-state index contributed by atoms with van der Waals surface area (Å²) in [5.41, 5.74) is 2.25. The van der Waals surface area contributed by atoms with Gasteiger partial charge >= 0.3 is 6.18 Å². The van der Waals surface area contributed by atoms with Crippen molar-refractivity contribution in [2.45, 2.75) is 31.5 Å². The van der Waals surface area contributed by atoms with Crippen molar-refractivity contribution in [2.24, 2.45) is 5.92 Å². The number of nitrogens with zero attached hydrogens (tertiary/aromatic N) is 1. The van der Waals surface area contributed by atoms with E-state index in [1.54, 1.807) is 13.0 Å². The summed E-state index contributed by atoms with van der Waals surface area (Å²) in [7, 11) is 0. The fourth-order valence-corrected chi connectivity index (χ4v) is 3.54. The van der Waals surface area contributed by atoms with Crippen molar-refractivity contribution < 1.29 is 27.1 Å². The van der Waals surface area contributed by atoms with Crippen molar-refractivity contribution in [3.63, 3.8) is 0 Å². The largest absolute Gasteiger partial charge is 0.483 e. The number of carbonyl (C=O) groups excluding carboxylic acids is 1. The number of ether oxygens (including phenoxy) is 1. The normalized spacial score (nSPS) is 19.5. The summed E-state index contributed by atoms with van der Waals surface area (Å²) in [6.07, 6.45) is -0.742. The smallest absolute Gasteiger partial charge is 0.422 e. The molecule has 0 aliphatic heterocycles. The van der Waals surface area contributed by atoms with Crippen molar-refractivity contribution in [3.05, 3.63) is 59.8 Å². The van der Waals surface area contributed by atoms with Crippen LogP contribution in [-0.2, 0) is 4.79 Å². The van der Waals surface area contributed by atoms with Crippen molar-refractivity contribution in [2.75, 3.05) is 6.61 Å². The number of pyridine rings is 1. The Morgan fingerprint density at radius 3 is 2.83 bits per heavy atom. The summed E-state index contributed by atoms with van der Waals surface area (Å²) >= 11 is 0. The molecule has 2 N–H and O–H groups in total. The molecule has 1 amide bonds. The average molecular weight is 421 g/mol. The first-order chi connectivity index (χ1) is 14.2. The molecule has 1 aliphatic carbocycles. The third-order valence-electron chi connectivity index (χ3n) is 5.17. The third-order valence-corrected chi connectivity index (χ3v) is 5.17. The average Bonchev–Trinajstić information content (AvgIpc) is 3.39. The molecule has 2 heterocycles. The van der Waals surface area contributed by atoms with Crippen LogP contribution in [0.5, 0.6) is 5.75 Å². The molecule has 0 bridgehead atoms. The van der Waals surface area contributed by atoms with E-state index in [4.69, 9.17) is 0 Å². The van der Waals surface area contributed by atoms with Gasteiger partial charge in [0.2, 0.25) is 5.91 Å². The Hall–Kier alpha value is -3.10. The molecule has 9 heteroatoms. The van der Waals surface area contributed by atoms with E-state index in [1.165, 1.54) is 30.5 Å². The highest BCUT2D eigenvalue weighted by Gasteiger charge is 2.45. The summed E-state index contributed by atoms with van der Waals surface area (Å²) in [6, 6.07) is 7.00. The molecule has 0 radical (unpaired) electrons. The van der Waals surface area contributed by atoms with Crippen LogP contribution in [0.15, 0.2) is 42.7 Å². The molecule has 2 unspecified atom stereocenters. The fraction of sp³-hybridized carbons (Fsp3) is 0.333. The monoisotopic (exact) mass is 421 g/mol. The number of halogens is 4. The molecule has 3 atom stereocenters. The molecule has 5 nitrogen and oxygen atoms in total. The molecule has 1 saturated carbocycles. The van der Waals surface area contributed by atoms with Gasteiger partial charge in [0.25, 0.3) is 0 Å². The van der Waals surface area contributed by atoms with Gasteiger partial charge < -0.3 is 15.0 Å². The maximum Gasteiger partial charge on any atom is 0.422 e. The molecule has 1 aliphatic rings. The van der Waals surface area contributed by atoms with Crippen LogP contribution in [0.25, 0.3) is 10.9 Å². The number of aromatic nitrogens is 2. The minimum atomic E-state index is -4.42. The first-order valence-corrected chi connectivity index (χ1v) is 9.43. The fourth-order valence-electron chi connectivity index (χ4n) is 3.54. The molecular weight excluding hydrogens is 402 g/mol. The van der Waals surface area contributed by atoms with Gasteiger partial charge in [-0.1, -0.05) is 0 Å². The van der Waals surface area contributed by atoms with Gasteiger partial charge in [-0.3, -0.25) is 9.78 Å². The molecule has 2 aromatic heterocycles. The van der Waals surface area contributed by atoms with Gasteiger partial charge in [-0.2, -0.15) is 13.2 Å². The molecular formula is C21H19F4N3O2. The van der Waals surface area contributed by atoms with Crippen LogP contribution < -0.4 is 10.1 Å². The van der Waals surface area contributed by atoms with Crippen LogP contribution in [0.1, 0.15) is 36.6 Å². The number of aromatic amines is 1. The van der Waals surface area contributed by atoms with Gasteiger partial charge in [-0.15, -0.1) is 0 Å². The zero-order chi connectivity index (χ0) is 21.5. The first-order valence-electron chi connectivity index (χ1n) is 9.43. The second-order valence-electron chi connectivity index (χ2n) is 7.44.